The van der Waals surface area contributed by atoms with E-state index in [9.17, 15) is 0 Å². The molecule has 0 amide bonds. The van der Waals surface area contributed by atoms with E-state index in [0.717, 1.165) is 70.4 Å². The molecular formula is C19H32N6O. The molecule has 3 aliphatic heterocycles. The summed E-state index contributed by atoms with van der Waals surface area (Å²) in [5, 5.41) is 12.4. The Balaban J connectivity index is 1.25. The van der Waals surface area contributed by atoms with E-state index >= 15 is 0 Å². The molecule has 1 aromatic rings. The minimum absolute atomic E-state index is 0.372. The lowest BCUT2D eigenvalue weighted by Gasteiger charge is -2.24. The average Bonchev–Trinajstić information content (AvgIpc) is 3.34. The van der Waals surface area contributed by atoms with E-state index in [2.05, 4.69) is 30.0 Å². The maximum atomic E-state index is 5.64. The average molecular weight is 361 g/mol. The van der Waals surface area contributed by atoms with Gasteiger partial charge in [-0.25, -0.2) is 0 Å². The third-order valence-electron chi connectivity index (χ3n) is 6.18. The van der Waals surface area contributed by atoms with Gasteiger partial charge in [0.05, 0.1) is 6.61 Å². The van der Waals surface area contributed by atoms with E-state index in [1.807, 2.05) is 7.05 Å². The van der Waals surface area contributed by atoms with Crippen LogP contribution < -0.4 is 5.32 Å². The van der Waals surface area contributed by atoms with E-state index < -0.39 is 0 Å². The number of hydrogen-bond donors (Lipinski definition) is 1. The molecule has 1 N–H and O–H groups in total. The fraction of sp³-hybridized carbons (Fsp3) is 0.842. The lowest BCUT2D eigenvalue weighted by atomic mass is 9.87. The van der Waals surface area contributed by atoms with Crippen LogP contribution in [0.5, 0.6) is 0 Å². The third-order valence-corrected chi connectivity index (χ3v) is 6.18. The summed E-state index contributed by atoms with van der Waals surface area (Å²) in [5.74, 6) is 3.37. The van der Waals surface area contributed by atoms with Gasteiger partial charge in [0.15, 0.2) is 5.96 Å². The van der Waals surface area contributed by atoms with Crippen molar-refractivity contribution in [3.05, 3.63) is 11.6 Å². The first-order chi connectivity index (χ1) is 12.8. The summed E-state index contributed by atoms with van der Waals surface area (Å²) < 4.78 is 7.99. The highest BCUT2D eigenvalue weighted by Crippen LogP contribution is 2.38. The van der Waals surface area contributed by atoms with Gasteiger partial charge in [-0.3, -0.25) is 4.99 Å². The van der Waals surface area contributed by atoms with Crippen LogP contribution in [0, 0.1) is 5.41 Å². The number of likely N-dealkylation sites (tertiary alicyclic amines) is 1. The Bertz CT molecular complexity index is 634. The standard InChI is InChI=1S/C19H32N6O/c1-20-18(24-12-8-19(14-24)9-13-26-15-19)21-10-5-7-17-23-22-16-6-3-2-4-11-25(16)17/h2-15H2,1H3,(H,20,21). The highest BCUT2D eigenvalue weighted by atomic mass is 16.5. The highest BCUT2D eigenvalue weighted by Gasteiger charge is 2.42. The fourth-order valence-electron chi connectivity index (χ4n) is 4.60. The van der Waals surface area contributed by atoms with Gasteiger partial charge in [-0.15, -0.1) is 10.2 Å². The van der Waals surface area contributed by atoms with Gasteiger partial charge in [0.1, 0.15) is 11.6 Å². The van der Waals surface area contributed by atoms with Crippen molar-refractivity contribution in [2.24, 2.45) is 10.4 Å². The number of aromatic nitrogens is 3. The highest BCUT2D eigenvalue weighted by molar-refractivity contribution is 5.80. The Morgan fingerprint density at radius 1 is 1.23 bits per heavy atom. The SMILES string of the molecule is CN=C(NCCCc1nnc2n1CCCCC2)N1CCC2(CCOC2)C1. The van der Waals surface area contributed by atoms with Crippen LogP contribution in [0.25, 0.3) is 0 Å². The molecule has 7 nitrogen and oxygen atoms in total. The molecule has 1 aromatic heterocycles. The van der Waals surface area contributed by atoms with Crippen molar-refractivity contribution in [2.75, 3.05) is 39.9 Å². The van der Waals surface area contributed by atoms with Crippen molar-refractivity contribution < 1.29 is 4.74 Å². The number of guanidine groups is 1. The molecular weight excluding hydrogens is 328 g/mol. The summed E-state index contributed by atoms with van der Waals surface area (Å²) >= 11 is 0. The first-order valence-corrected chi connectivity index (χ1v) is 10.2. The molecule has 1 unspecified atom stereocenters. The zero-order valence-corrected chi connectivity index (χ0v) is 16.0. The maximum absolute atomic E-state index is 5.64. The molecule has 7 heteroatoms. The molecule has 1 spiro atoms. The molecule has 4 rings (SSSR count). The lowest BCUT2D eigenvalue weighted by Crippen LogP contribution is -2.41. The van der Waals surface area contributed by atoms with Gasteiger partial charge in [-0.2, -0.15) is 0 Å². The second-order valence-corrected chi connectivity index (χ2v) is 8.05. The molecule has 144 valence electrons. The van der Waals surface area contributed by atoms with Crippen molar-refractivity contribution in [1.82, 2.24) is 25.0 Å². The number of hydrogen-bond acceptors (Lipinski definition) is 4. The Hall–Kier alpha value is -1.63. The summed E-state index contributed by atoms with van der Waals surface area (Å²) in [7, 11) is 1.89. The minimum atomic E-state index is 0.372. The van der Waals surface area contributed by atoms with E-state index in [0.29, 0.717) is 5.41 Å². The normalized spacial score (nSPS) is 26.3. The zero-order valence-electron chi connectivity index (χ0n) is 16.0. The van der Waals surface area contributed by atoms with Crippen molar-refractivity contribution in [1.29, 1.82) is 0 Å². The second-order valence-electron chi connectivity index (χ2n) is 8.05. The van der Waals surface area contributed by atoms with Crippen LogP contribution in [0.15, 0.2) is 4.99 Å². The van der Waals surface area contributed by atoms with Crippen molar-refractivity contribution in [3.8, 4) is 0 Å². The van der Waals surface area contributed by atoms with Crippen LogP contribution >= 0.6 is 0 Å². The second kappa shape index (κ2) is 7.94. The number of ether oxygens (including phenoxy) is 1. The molecule has 0 radical (unpaired) electrons. The topological polar surface area (TPSA) is 67.6 Å². The predicted octanol–water partition coefficient (Wildman–Crippen LogP) is 1.62. The summed E-state index contributed by atoms with van der Waals surface area (Å²) in [6.45, 7) is 6.01. The lowest BCUT2D eigenvalue weighted by molar-refractivity contribution is 0.156. The molecule has 2 saturated heterocycles. The largest absolute Gasteiger partial charge is 0.381 e. The van der Waals surface area contributed by atoms with Gasteiger partial charge in [-0.05, 0) is 32.1 Å². The van der Waals surface area contributed by atoms with Crippen molar-refractivity contribution in [2.45, 2.75) is 57.9 Å². The zero-order chi connectivity index (χ0) is 17.8. The molecule has 0 aliphatic carbocycles. The van der Waals surface area contributed by atoms with E-state index in [1.165, 1.54) is 37.9 Å². The Morgan fingerprint density at radius 2 is 2.19 bits per heavy atom. The number of aliphatic imine (C=N–C) groups is 1. The van der Waals surface area contributed by atoms with Gasteiger partial charge in [0.2, 0.25) is 0 Å². The smallest absolute Gasteiger partial charge is 0.193 e. The van der Waals surface area contributed by atoms with Crippen LogP contribution in [0.1, 0.15) is 50.2 Å². The Labute approximate surface area is 156 Å². The van der Waals surface area contributed by atoms with Crippen molar-refractivity contribution >= 4 is 5.96 Å². The van der Waals surface area contributed by atoms with Crippen LogP contribution in [0.4, 0.5) is 0 Å². The van der Waals surface area contributed by atoms with Gasteiger partial charge >= 0.3 is 0 Å². The Kier molecular flexibility index (Phi) is 5.43. The molecule has 26 heavy (non-hydrogen) atoms. The minimum Gasteiger partial charge on any atom is -0.381 e. The number of rotatable bonds is 4. The quantitative estimate of drug-likeness (QED) is 0.502. The van der Waals surface area contributed by atoms with Gasteiger partial charge in [0, 0.05) is 58.1 Å². The number of nitrogens with one attached hydrogen (secondary N) is 1. The predicted molar refractivity (Wildman–Crippen MR) is 101 cm³/mol. The van der Waals surface area contributed by atoms with Gasteiger partial charge < -0.3 is 19.5 Å². The summed E-state index contributed by atoms with van der Waals surface area (Å²) in [6, 6.07) is 0. The maximum Gasteiger partial charge on any atom is 0.193 e. The van der Waals surface area contributed by atoms with E-state index in [-0.39, 0.29) is 0 Å². The first-order valence-electron chi connectivity index (χ1n) is 10.2. The number of aryl methyl sites for hydroxylation is 2. The Morgan fingerprint density at radius 3 is 3.04 bits per heavy atom. The summed E-state index contributed by atoms with van der Waals surface area (Å²) in [4.78, 5) is 6.90. The van der Waals surface area contributed by atoms with Crippen molar-refractivity contribution in [3.63, 3.8) is 0 Å². The number of fused-ring (bicyclic) bond motifs is 1. The number of nitrogens with zero attached hydrogens (tertiary/aromatic N) is 5. The fourth-order valence-corrected chi connectivity index (χ4v) is 4.60. The van der Waals surface area contributed by atoms with Gasteiger partial charge in [-0.1, -0.05) is 6.42 Å². The molecule has 1 atom stereocenters. The molecule has 2 fully saturated rings. The summed E-state index contributed by atoms with van der Waals surface area (Å²) in [6.07, 6.45) is 9.34. The van der Waals surface area contributed by atoms with Crippen LogP contribution in [-0.2, 0) is 24.1 Å². The van der Waals surface area contributed by atoms with Gasteiger partial charge in [0.25, 0.3) is 0 Å². The molecule has 3 aliphatic rings. The molecule has 0 bridgehead atoms. The molecule has 0 aromatic carbocycles. The third kappa shape index (κ3) is 3.72. The van der Waals surface area contributed by atoms with E-state index in [4.69, 9.17) is 4.74 Å². The molecule has 4 heterocycles. The van der Waals surface area contributed by atoms with E-state index in [1.54, 1.807) is 0 Å². The van der Waals surface area contributed by atoms with Crippen LogP contribution in [0.3, 0.4) is 0 Å². The summed E-state index contributed by atoms with van der Waals surface area (Å²) in [5.41, 5.74) is 0.372. The monoisotopic (exact) mass is 360 g/mol. The molecule has 0 saturated carbocycles. The van der Waals surface area contributed by atoms with Crippen LogP contribution in [0.2, 0.25) is 0 Å². The first kappa shape index (κ1) is 17.8. The van der Waals surface area contributed by atoms with Crippen LogP contribution in [-0.4, -0.2) is 65.5 Å².